The van der Waals surface area contributed by atoms with Gasteiger partial charge in [-0.3, -0.25) is 13.9 Å². The molecule has 0 saturated heterocycles. The van der Waals surface area contributed by atoms with Crippen molar-refractivity contribution in [1.82, 2.24) is 9.55 Å². The molecule has 0 saturated carbocycles. The van der Waals surface area contributed by atoms with Crippen molar-refractivity contribution in [3.63, 3.8) is 0 Å². The number of methoxy groups -OCH3 is 3. The van der Waals surface area contributed by atoms with Gasteiger partial charge in [0.1, 0.15) is 11.3 Å². The summed E-state index contributed by atoms with van der Waals surface area (Å²) in [6.45, 7) is 4.15. The van der Waals surface area contributed by atoms with E-state index in [4.69, 9.17) is 28.2 Å². The van der Waals surface area contributed by atoms with Crippen molar-refractivity contribution in [3.8, 4) is 28.6 Å². The fourth-order valence-corrected chi connectivity index (χ4v) is 5.34. The van der Waals surface area contributed by atoms with Crippen molar-refractivity contribution < 1.29 is 27.8 Å². The van der Waals surface area contributed by atoms with Crippen molar-refractivity contribution in [2.24, 2.45) is 7.05 Å². The first-order chi connectivity index (χ1) is 15.8. The van der Waals surface area contributed by atoms with E-state index in [2.05, 4.69) is 0 Å². The topological polar surface area (TPSA) is 98.1 Å². The minimum Gasteiger partial charge on any atom is -0.493 e. The van der Waals surface area contributed by atoms with Crippen LogP contribution in [0.15, 0.2) is 35.1 Å². The molecule has 1 aromatic heterocycles. The summed E-state index contributed by atoms with van der Waals surface area (Å²) in [7, 11) is 2.91. The highest BCUT2D eigenvalue weighted by molar-refractivity contribution is 7.53. The monoisotopic (exact) mass is 476 g/mol. The van der Waals surface area contributed by atoms with E-state index in [0.717, 1.165) is 5.56 Å². The molecule has 0 radical (unpaired) electrons. The Bertz CT molecular complexity index is 1230. The zero-order chi connectivity index (χ0) is 24.2. The molecule has 3 rings (SSSR count). The van der Waals surface area contributed by atoms with Gasteiger partial charge in [-0.05, 0) is 25.5 Å². The molecule has 0 aliphatic carbocycles. The van der Waals surface area contributed by atoms with Crippen LogP contribution in [-0.4, -0.2) is 44.1 Å². The first kappa shape index (κ1) is 24.8. The van der Waals surface area contributed by atoms with Crippen LogP contribution in [-0.2, 0) is 26.8 Å². The molecule has 0 spiro atoms. The molecular weight excluding hydrogens is 447 g/mol. The Kier molecular flexibility index (Phi) is 7.79. The fraction of sp³-hybridized carbons (Fsp3) is 0.391. The van der Waals surface area contributed by atoms with Crippen molar-refractivity contribution in [3.05, 3.63) is 46.2 Å². The number of ether oxygens (including phenoxy) is 3. The summed E-state index contributed by atoms with van der Waals surface area (Å²) in [5, 5.41) is 0.349. The van der Waals surface area contributed by atoms with Gasteiger partial charge in [0.05, 0.1) is 46.1 Å². The van der Waals surface area contributed by atoms with E-state index in [-0.39, 0.29) is 11.7 Å². The Hall–Kier alpha value is -2.87. The lowest BCUT2D eigenvalue weighted by Crippen LogP contribution is -2.20. The lowest BCUT2D eigenvalue weighted by atomic mass is 10.1. The lowest BCUT2D eigenvalue weighted by Gasteiger charge is -2.17. The van der Waals surface area contributed by atoms with Gasteiger partial charge in [-0.15, -0.1) is 0 Å². The summed E-state index contributed by atoms with van der Waals surface area (Å²) in [4.78, 5) is 17.9. The zero-order valence-electron chi connectivity index (χ0n) is 19.7. The SMILES string of the molecule is CCOP(=O)(Cc1ccc(-c2nc3c(OC)c(OC)c(OC)cc3c(=O)n2C)cc1)OCC. The van der Waals surface area contributed by atoms with Crippen LogP contribution in [0.3, 0.4) is 0 Å². The maximum absolute atomic E-state index is 13.2. The molecule has 0 amide bonds. The molecule has 1 heterocycles. The molecule has 0 aliphatic rings. The average molecular weight is 476 g/mol. The normalized spacial score (nSPS) is 11.6. The van der Waals surface area contributed by atoms with Gasteiger partial charge in [0.25, 0.3) is 5.56 Å². The number of fused-ring (bicyclic) bond motifs is 1. The van der Waals surface area contributed by atoms with Gasteiger partial charge in [-0.2, -0.15) is 0 Å². The van der Waals surface area contributed by atoms with Gasteiger partial charge in [-0.1, -0.05) is 24.3 Å². The van der Waals surface area contributed by atoms with Gasteiger partial charge in [0.15, 0.2) is 11.5 Å². The number of rotatable bonds is 10. The van der Waals surface area contributed by atoms with E-state index in [1.807, 2.05) is 24.3 Å². The third-order valence-electron chi connectivity index (χ3n) is 5.11. The summed E-state index contributed by atoms with van der Waals surface area (Å²) in [6, 6.07) is 8.87. The highest BCUT2D eigenvalue weighted by Crippen LogP contribution is 2.51. The molecule has 0 fully saturated rings. The largest absolute Gasteiger partial charge is 0.493 e. The summed E-state index contributed by atoms with van der Waals surface area (Å²) >= 11 is 0. The Morgan fingerprint density at radius 1 is 0.939 bits per heavy atom. The minimum atomic E-state index is -3.22. The highest BCUT2D eigenvalue weighted by atomic mass is 31.2. The second-order valence-corrected chi connectivity index (χ2v) is 9.20. The second kappa shape index (κ2) is 10.4. The molecule has 178 valence electrons. The standard InChI is InChI=1S/C23H29N2O7P/c1-7-31-33(27,32-8-2)14-15-9-11-16(12-10-15)22-24-19-17(23(26)25(22)3)13-18(28-4)20(29-5)21(19)30-6/h9-13H,7-8,14H2,1-6H3. The van der Waals surface area contributed by atoms with Gasteiger partial charge in [-0.25, -0.2) is 4.98 Å². The Labute approximate surface area is 192 Å². The molecular formula is C23H29N2O7P. The molecule has 0 N–H and O–H groups in total. The number of nitrogens with zero attached hydrogens (tertiary/aromatic N) is 2. The minimum absolute atomic E-state index is 0.157. The van der Waals surface area contributed by atoms with Gasteiger partial charge >= 0.3 is 7.60 Å². The number of hydrogen-bond acceptors (Lipinski definition) is 8. The Morgan fingerprint density at radius 3 is 2.06 bits per heavy atom. The fourth-order valence-electron chi connectivity index (χ4n) is 3.64. The van der Waals surface area contributed by atoms with E-state index in [1.54, 1.807) is 27.0 Å². The van der Waals surface area contributed by atoms with Crippen LogP contribution < -0.4 is 19.8 Å². The van der Waals surface area contributed by atoms with Crippen LogP contribution in [0.5, 0.6) is 17.2 Å². The van der Waals surface area contributed by atoms with Crippen molar-refractivity contribution in [2.45, 2.75) is 20.0 Å². The molecule has 10 heteroatoms. The molecule has 2 aromatic carbocycles. The van der Waals surface area contributed by atoms with Crippen molar-refractivity contribution in [2.75, 3.05) is 34.5 Å². The predicted molar refractivity (Wildman–Crippen MR) is 127 cm³/mol. The maximum atomic E-state index is 13.2. The zero-order valence-corrected chi connectivity index (χ0v) is 20.6. The predicted octanol–water partition coefficient (Wildman–Crippen LogP) is 4.39. The third kappa shape index (κ3) is 4.90. The van der Waals surface area contributed by atoms with Crippen molar-refractivity contribution >= 4 is 18.5 Å². The molecule has 0 bridgehead atoms. The molecule has 3 aromatic rings. The molecule has 0 atom stereocenters. The molecule has 9 nitrogen and oxygen atoms in total. The summed E-state index contributed by atoms with van der Waals surface area (Å²) < 4.78 is 41.4. The van der Waals surface area contributed by atoms with E-state index in [0.29, 0.717) is 52.8 Å². The van der Waals surface area contributed by atoms with E-state index in [1.165, 1.54) is 25.9 Å². The van der Waals surface area contributed by atoms with Crippen LogP contribution >= 0.6 is 7.60 Å². The van der Waals surface area contributed by atoms with Gasteiger partial charge in [0, 0.05) is 12.6 Å². The van der Waals surface area contributed by atoms with Crippen LogP contribution in [0.25, 0.3) is 22.3 Å². The Balaban J connectivity index is 2.10. The Morgan fingerprint density at radius 2 is 1.55 bits per heavy atom. The summed E-state index contributed by atoms with van der Waals surface area (Å²) in [5.41, 5.74) is 1.61. The van der Waals surface area contributed by atoms with E-state index >= 15 is 0 Å². The van der Waals surface area contributed by atoms with Crippen LogP contribution in [0.4, 0.5) is 0 Å². The van der Waals surface area contributed by atoms with Crippen LogP contribution in [0.2, 0.25) is 0 Å². The number of benzene rings is 2. The molecule has 0 unspecified atom stereocenters. The average Bonchev–Trinajstić information content (AvgIpc) is 2.80. The number of hydrogen-bond donors (Lipinski definition) is 0. The maximum Gasteiger partial charge on any atom is 0.335 e. The first-order valence-corrected chi connectivity index (χ1v) is 12.2. The van der Waals surface area contributed by atoms with Crippen LogP contribution in [0.1, 0.15) is 19.4 Å². The highest BCUT2D eigenvalue weighted by Gasteiger charge is 2.25. The van der Waals surface area contributed by atoms with Crippen molar-refractivity contribution in [1.29, 1.82) is 0 Å². The third-order valence-corrected chi connectivity index (χ3v) is 7.17. The van der Waals surface area contributed by atoms with Crippen LogP contribution in [0, 0.1) is 0 Å². The lowest BCUT2D eigenvalue weighted by molar-refractivity contribution is 0.219. The summed E-state index contributed by atoms with van der Waals surface area (Å²) in [6.07, 6.45) is 0.157. The second-order valence-electron chi connectivity index (χ2n) is 7.14. The quantitative estimate of drug-likeness (QED) is 0.398. The van der Waals surface area contributed by atoms with Gasteiger partial charge < -0.3 is 23.3 Å². The van der Waals surface area contributed by atoms with E-state index in [9.17, 15) is 9.36 Å². The van der Waals surface area contributed by atoms with Gasteiger partial charge in [0.2, 0.25) is 5.75 Å². The van der Waals surface area contributed by atoms with E-state index < -0.39 is 7.60 Å². The smallest absolute Gasteiger partial charge is 0.335 e. The first-order valence-electron chi connectivity index (χ1n) is 10.5. The molecule has 0 aliphatic heterocycles. The number of aromatic nitrogens is 2. The summed E-state index contributed by atoms with van der Waals surface area (Å²) in [5.74, 6) is 1.50. The molecule has 33 heavy (non-hydrogen) atoms.